The molecule has 2 heterocycles. The Morgan fingerprint density at radius 1 is 1.14 bits per heavy atom. The van der Waals surface area contributed by atoms with Crippen LogP contribution in [-0.2, 0) is 27.4 Å². The lowest BCUT2D eigenvalue weighted by atomic mass is 10.1. The van der Waals surface area contributed by atoms with Crippen LogP contribution in [0.3, 0.4) is 0 Å². The zero-order valence-corrected chi connectivity index (χ0v) is 17.5. The van der Waals surface area contributed by atoms with Crippen LogP contribution in [0.5, 0.6) is 0 Å². The SMILES string of the molecule is Cc1cc(C(=O)COC(=O)c2ccc3c(c2)CCC3)c(C)n1C1CCS(=O)(=O)C1. The Kier molecular flexibility index (Phi) is 5.11. The lowest BCUT2D eigenvalue weighted by Crippen LogP contribution is -2.17. The van der Waals surface area contributed by atoms with Gasteiger partial charge in [-0.2, -0.15) is 0 Å². The van der Waals surface area contributed by atoms with Gasteiger partial charge in [-0.1, -0.05) is 6.07 Å². The van der Waals surface area contributed by atoms with E-state index in [0.717, 1.165) is 30.7 Å². The first kappa shape index (κ1) is 19.9. The van der Waals surface area contributed by atoms with E-state index in [-0.39, 0.29) is 29.9 Å². The second-order valence-electron chi connectivity index (χ2n) is 8.05. The number of sulfone groups is 1. The van der Waals surface area contributed by atoms with Crippen molar-refractivity contribution in [3.8, 4) is 0 Å². The van der Waals surface area contributed by atoms with Gasteiger partial charge in [0.2, 0.25) is 5.78 Å². The largest absolute Gasteiger partial charge is 0.454 e. The highest BCUT2D eigenvalue weighted by Crippen LogP contribution is 2.29. The van der Waals surface area contributed by atoms with Crippen LogP contribution in [0.1, 0.15) is 62.1 Å². The number of carbonyl (C=O) groups is 2. The smallest absolute Gasteiger partial charge is 0.338 e. The molecule has 29 heavy (non-hydrogen) atoms. The second kappa shape index (κ2) is 7.44. The molecule has 0 radical (unpaired) electrons. The Morgan fingerprint density at radius 2 is 1.90 bits per heavy atom. The third-order valence-corrected chi connectivity index (χ3v) is 7.78. The Balaban J connectivity index is 1.45. The van der Waals surface area contributed by atoms with Gasteiger partial charge in [0.25, 0.3) is 0 Å². The molecule has 1 atom stereocenters. The van der Waals surface area contributed by atoms with E-state index in [1.807, 2.05) is 30.5 Å². The predicted molar refractivity (Wildman–Crippen MR) is 109 cm³/mol. The van der Waals surface area contributed by atoms with Crippen molar-refractivity contribution in [1.29, 1.82) is 0 Å². The van der Waals surface area contributed by atoms with Gasteiger partial charge in [0.05, 0.1) is 17.1 Å². The maximum Gasteiger partial charge on any atom is 0.338 e. The first-order chi connectivity index (χ1) is 13.7. The zero-order chi connectivity index (χ0) is 20.8. The molecular weight excluding hydrogens is 390 g/mol. The molecule has 2 aliphatic rings. The number of hydrogen-bond acceptors (Lipinski definition) is 5. The molecule has 1 aromatic heterocycles. The maximum absolute atomic E-state index is 12.7. The Hall–Kier alpha value is -2.41. The summed E-state index contributed by atoms with van der Waals surface area (Å²) >= 11 is 0. The molecule has 0 bridgehead atoms. The lowest BCUT2D eigenvalue weighted by molar-refractivity contribution is 0.0474. The minimum Gasteiger partial charge on any atom is -0.454 e. The average molecular weight is 416 g/mol. The molecule has 0 saturated carbocycles. The van der Waals surface area contributed by atoms with Gasteiger partial charge < -0.3 is 9.30 Å². The summed E-state index contributed by atoms with van der Waals surface area (Å²) < 4.78 is 30.8. The first-order valence-electron chi connectivity index (χ1n) is 9.96. The second-order valence-corrected chi connectivity index (χ2v) is 10.3. The van der Waals surface area contributed by atoms with Gasteiger partial charge in [-0.25, -0.2) is 13.2 Å². The summed E-state index contributed by atoms with van der Waals surface area (Å²) in [6, 6.07) is 7.19. The number of ether oxygens (including phenoxy) is 1. The van der Waals surface area contributed by atoms with Crippen LogP contribution in [0.2, 0.25) is 0 Å². The number of Topliss-reactive ketones (excluding diaryl/α,β-unsaturated/α-hetero) is 1. The minimum absolute atomic E-state index is 0.101. The van der Waals surface area contributed by atoms with Crippen molar-refractivity contribution in [3.63, 3.8) is 0 Å². The number of aromatic nitrogens is 1. The predicted octanol–water partition coefficient (Wildman–Crippen LogP) is 2.99. The van der Waals surface area contributed by atoms with Crippen molar-refractivity contribution >= 4 is 21.6 Å². The minimum atomic E-state index is -3.02. The lowest BCUT2D eigenvalue weighted by Gasteiger charge is -2.16. The molecule has 1 aliphatic heterocycles. The highest BCUT2D eigenvalue weighted by molar-refractivity contribution is 7.91. The fourth-order valence-electron chi connectivity index (χ4n) is 4.59. The van der Waals surface area contributed by atoms with Gasteiger partial charge in [-0.15, -0.1) is 0 Å². The van der Waals surface area contributed by atoms with Crippen LogP contribution in [0, 0.1) is 13.8 Å². The van der Waals surface area contributed by atoms with E-state index in [1.54, 1.807) is 12.1 Å². The molecule has 2 aromatic rings. The first-order valence-corrected chi connectivity index (χ1v) is 11.8. The van der Waals surface area contributed by atoms with Crippen LogP contribution >= 0.6 is 0 Å². The van der Waals surface area contributed by atoms with Crippen molar-refractivity contribution in [2.45, 2.75) is 45.6 Å². The molecule has 154 valence electrons. The van der Waals surface area contributed by atoms with Crippen molar-refractivity contribution in [1.82, 2.24) is 4.57 Å². The number of benzene rings is 1. The van der Waals surface area contributed by atoms with E-state index >= 15 is 0 Å². The number of esters is 1. The van der Waals surface area contributed by atoms with E-state index in [2.05, 4.69) is 0 Å². The van der Waals surface area contributed by atoms with Crippen LogP contribution in [0.15, 0.2) is 24.3 Å². The number of fused-ring (bicyclic) bond motifs is 1. The summed E-state index contributed by atoms with van der Waals surface area (Å²) in [6.07, 6.45) is 3.67. The molecule has 0 amide bonds. The monoisotopic (exact) mass is 415 g/mol. The molecule has 1 unspecified atom stereocenters. The summed E-state index contributed by atoms with van der Waals surface area (Å²) in [5, 5.41) is 0. The highest BCUT2D eigenvalue weighted by Gasteiger charge is 2.31. The van der Waals surface area contributed by atoms with Crippen LogP contribution < -0.4 is 0 Å². The maximum atomic E-state index is 12.7. The summed E-state index contributed by atoms with van der Waals surface area (Å²) in [5.41, 5.74) is 4.98. The summed E-state index contributed by atoms with van der Waals surface area (Å²) in [7, 11) is -3.02. The van der Waals surface area contributed by atoms with Crippen molar-refractivity contribution in [2.75, 3.05) is 18.1 Å². The van der Waals surface area contributed by atoms with Crippen molar-refractivity contribution < 1.29 is 22.7 Å². The van der Waals surface area contributed by atoms with E-state index in [9.17, 15) is 18.0 Å². The molecule has 1 fully saturated rings. The van der Waals surface area contributed by atoms with Gasteiger partial charge in [-0.3, -0.25) is 4.79 Å². The van der Waals surface area contributed by atoms with Gasteiger partial charge in [0, 0.05) is 23.0 Å². The van der Waals surface area contributed by atoms with Crippen LogP contribution in [0.25, 0.3) is 0 Å². The summed E-state index contributed by atoms with van der Waals surface area (Å²) in [5.74, 6) is -0.496. The number of nitrogens with zero attached hydrogens (tertiary/aromatic N) is 1. The van der Waals surface area contributed by atoms with Gasteiger partial charge in [0.15, 0.2) is 16.4 Å². The normalized spacial score (nSPS) is 19.9. The number of rotatable bonds is 5. The number of hydrogen-bond donors (Lipinski definition) is 0. The topological polar surface area (TPSA) is 82.4 Å². The molecule has 7 heteroatoms. The fourth-order valence-corrected chi connectivity index (χ4v) is 6.29. The third-order valence-electron chi connectivity index (χ3n) is 6.03. The Labute approximate surface area is 170 Å². The molecule has 1 saturated heterocycles. The zero-order valence-electron chi connectivity index (χ0n) is 16.7. The van der Waals surface area contributed by atoms with E-state index in [4.69, 9.17) is 4.74 Å². The van der Waals surface area contributed by atoms with Gasteiger partial charge in [0.1, 0.15) is 0 Å². The van der Waals surface area contributed by atoms with Gasteiger partial charge in [-0.05, 0) is 68.9 Å². The molecule has 1 aromatic carbocycles. The highest BCUT2D eigenvalue weighted by atomic mass is 32.2. The molecular formula is C22H25NO5S. The van der Waals surface area contributed by atoms with E-state index < -0.39 is 15.8 Å². The summed E-state index contributed by atoms with van der Waals surface area (Å²) in [6.45, 7) is 3.35. The standard InChI is InChI=1S/C22H25NO5S/c1-14-10-20(15(2)23(14)19-8-9-29(26,27)13-19)21(24)12-28-22(25)18-7-6-16-4-3-5-17(16)11-18/h6-7,10-11,19H,3-5,8-9,12-13H2,1-2H3. The van der Waals surface area contributed by atoms with Crippen LogP contribution in [0.4, 0.5) is 0 Å². The van der Waals surface area contributed by atoms with E-state index in [1.165, 1.54) is 11.1 Å². The van der Waals surface area contributed by atoms with Crippen molar-refractivity contribution in [2.24, 2.45) is 0 Å². The Morgan fingerprint density at radius 3 is 2.62 bits per heavy atom. The molecule has 0 N–H and O–H groups in total. The molecule has 1 aliphatic carbocycles. The van der Waals surface area contributed by atoms with E-state index in [0.29, 0.717) is 17.5 Å². The molecule has 4 rings (SSSR count). The summed E-state index contributed by atoms with van der Waals surface area (Å²) in [4.78, 5) is 25.1. The van der Waals surface area contributed by atoms with Crippen molar-refractivity contribution in [3.05, 3.63) is 57.9 Å². The number of ketones is 1. The number of aryl methyl sites for hydroxylation is 3. The molecule has 0 spiro atoms. The van der Waals surface area contributed by atoms with Crippen LogP contribution in [-0.4, -0.2) is 42.9 Å². The third kappa shape index (κ3) is 3.88. The van der Waals surface area contributed by atoms with Gasteiger partial charge >= 0.3 is 5.97 Å². The molecule has 6 nitrogen and oxygen atoms in total. The number of carbonyl (C=O) groups excluding carboxylic acids is 2. The Bertz CT molecular complexity index is 1100. The quantitative estimate of drug-likeness (QED) is 0.554. The average Bonchev–Trinajstić information content (AvgIpc) is 3.36. The fraction of sp³-hybridized carbons (Fsp3) is 0.455.